The first-order valence-electron chi connectivity index (χ1n) is 10.3. The van der Waals surface area contributed by atoms with E-state index in [0.29, 0.717) is 17.6 Å². The number of nitrogens with one attached hydrogen (secondary N) is 2. The molecule has 3 aromatic rings. The summed E-state index contributed by atoms with van der Waals surface area (Å²) in [6.07, 6.45) is 3.48. The zero-order chi connectivity index (χ0) is 22.2. The highest BCUT2D eigenvalue weighted by molar-refractivity contribution is 6.18. The average Bonchev–Trinajstić information content (AvgIpc) is 3.40. The number of amides is 1. The standard InChI is InChI=1S/C23H25N5O3/c1-5-18(15-11-24-25-12-15)31-21(29)16-10-14-8-6-7-9-17(14)26-19(16)20-27-22(30)23(4,28-20)13(2)3/h6-13,18H,5H2,1-4H3,(H,24,25)(H,27,28,30). The van der Waals surface area contributed by atoms with Crippen molar-refractivity contribution in [1.82, 2.24) is 20.5 Å². The number of amidine groups is 1. The van der Waals surface area contributed by atoms with Gasteiger partial charge in [-0.3, -0.25) is 9.89 Å². The lowest BCUT2D eigenvalue weighted by Crippen LogP contribution is -2.41. The minimum absolute atomic E-state index is 0.0218. The van der Waals surface area contributed by atoms with Gasteiger partial charge in [-0.25, -0.2) is 14.8 Å². The van der Waals surface area contributed by atoms with E-state index >= 15 is 0 Å². The van der Waals surface area contributed by atoms with Crippen LogP contribution in [-0.2, 0) is 9.53 Å². The van der Waals surface area contributed by atoms with Crippen LogP contribution in [0, 0.1) is 5.92 Å². The van der Waals surface area contributed by atoms with Gasteiger partial charge in [0.1, 0.15) is 17.3 Å². The second kappa shape index (κ2) is 7.94. The Balaban J connectivity index is 1.79. The number of hydrogen-bond donors (Lipinski definition) is 2. The Labute approximate surface area is 180 Å². The number of H-pyrrole nitrogens is 1. The summed E-state index contributed by atoms with van der Waals surface area (Å²) in [6.45, 7) is 7.59. The van der Waals surface area contributed by atoms with E-state index in [4.69, 9.17) is 4.74 Å². The van der Waals surface area contributed by atoms with Crippen molar-refractivity contribution in [3.63, 3.8) is 0 Å². The predicted molar refractivity (Wildman–Crippen MR) is 117 cm³/mol. The van der Waals surface area contributed by atoms with Crippen molar-refractivity contribution < 1.29 is 14.3 Å². The molecule has 0 fully saturated rings. The lowest BCUT2D eigenvalue weighted by atomic mass is 9.89. The van der Waals surface area contributed by atoms with Crippen LogP contribution in [0.3, 0.4) is 0 Å². The van der Waals surface area contributed by atoms with Crippen LogP contribution in [0.25, 0.3) is 10.9 Å². The van der Waals surface area contributed by atoms with Crippen LogP contribution < -0.4 is 5.32 Å². The third-order valence-corrected chi connectivity index (χ3v) is 5.84. The van der Waals surface area contributed by atoms with E-state index < -0.39 is 17.6 Å². The molecule has 0 aliphatic carbocycles. The summed E-state index contributed by atoms with van der Waals surface area (Å²) in [6, 6.07) is 9.22. The molecule has 2 atom stereocenters. The normalized spacial score (nSPS) is 19.4. The minimum atomic E-state index is -0.924. The Morgan fingerprint density at radius 3 is 2.68 bits per heavy atom. The molecule has 3 heterocycles. The topological polar surface area (TPSA) is 109 Å². The van der Waals surface area contributed by atoms with Gasteiger partial charge in [-0.2, -0.15) is 5.10 Å². The number of esters is 1. The van der Waals surface area contributed by atoms with Crippen LogP contribution in [0.1, 0.15) is 61.8 Å². The monoisotopic (exact) mass is 419 g/mol. The van der Waals surface area contributed by atoms with Gasteiger partial charge in [-0.15, -0.1) is 0 Å². The van der Waals surface area contributed by atoms with Gasteiger partial charge in [0.05, 0.1) is 17.3 Å². The summed E-state index contributed by atoms with van der Waals surface area (Å²) in [7, 11) is 0. The fraction of sp³-hybridized carbons (Fsp3) is 0.348. The molecular weight excluding hydrogens is 394 g/mol. The van der Waals surface area contributed by atoms with E-state index in [0.717, 1.165) is 10.9 Å². The highest BCUT2D eigenvalue weighted by atomic mass is 16.5. The average molecular weight is 419 g/mol. The van der Waals surface area contributed by atoms with E-state index in [9.17, 15) is 9.59 Å². The Hall–Kier alpha value is -3.55. The second-order valence-electron chi connectivity index (χ2n) is 8.13. The molecule has 2 aromatic heterocycles. The van der Waals surface area contributed by atoms with Crippen molar-refractivity contribution in [3.05, 3.63) is 59.5 Å². The van der Waals surface area contributed by atoms with Gasteiger partial charge >= 0.3 is 5.97 Å². The van der Waals surface area contributed by atoms with E-state index in [-0.39, 0.29) is 23.2 Å². The van der Waals surface area contributed by atoms with Crippen LogP contribution in [0.15, 0.2) is 47.7 Å². The summed E-state index contributed by atoms with van der Waals surface area (Å²) in [5, 5.41) is 10.3. The molecule has 0 saturated heterocycles. The minimum Gasteiger partial charge on any atom is -0.454 e. The van der Waals surface area contributed by atoms with E-state index in [1.54, 1.807) is 25.4 Å². The van der Waals surface area contributed by atoms with Crippen molar-refractivity contribution in [2.45, 2.75) is 45.8 Å². The molecule has 1 aromatic carbocycles. The third-order valence-electron chi connectivity index (χ3n) is 5.84. The summed E-state index contributed by atoms with van der Waals surface area (Å²) in [5.74, 6) is -0.477. The number of carbonyl (C=O) groups excluding carboxylic acids is 2. The molecule has 2 unspecified atom stereocenters. The van der Waals surface area contributed by atoms with Crippen molar-refractivity contribution in [2.75, 3.05) is 0 Å². The Morgan fingerprint density at radius 1 is 1.26 bits per heavy atom. The summed E-state index contributed by atoms with van der Waals surface area (Å²) >= 11 is 0. The van der Waals surface area contributed by atoms with Crippen LogP contribution >= 0.6 is 0 Å². The molecule has 0 radical (unpaired) electrons. The van der Waals surface area contributed by atoms with Crippen LogP contribution in [0.5, 0.6) is 0 Å². The molecule has 31 heavy (non-hydrogen) atoms. The largest absolute Gasteiger partial charge is 0.454 e. The molecule has 0 spiro atoms. The van der Waals surface area contributed by atoms with E-state index in [1.807, 2.05) is 45.0 Å². The quantitative estimate of drug-likeness (QED) is 0.594. The second-order valence-corrected chi connectivity index (χ2v) is 8.13. The van der Waals surface area contributed by atoms with Gasteiger partial charge in [0, 0.05) is 17.1 Å². The Kier molecular flexibility index (Phi) is 5.31. The molecule has 160 valence electrons. The highest BCUT2D eigenvalue weighted by Gasteiger charge is 2.43. The summed E-state index contributed by atoms with van der Waals surface area (Å²) in [5.41, 5.74) is 1.12. The van der Waals surface area contributed by atoms with Crippen molar-refractivity contribution in [1.29, 1.82) is 0 Å². The van der Waals surface area contributed by atoms with Gasteiger partial charge in [-0.05, 0) is 31.4 Å². The predicted octanol–water partition coefficient (Wildman–Crippen LogP) is 3.56. The SMILES string of the molecule is CCC(OC(=O)c1cc2ccccc2nc1C1=NC(C)(C(C)C)C(=O)N1)c1cn[nH]c1. The van der Waals surface area contributed by atoms with Gasteiger partial charge in [0.25, 0.3) is 5.91 Å². The summed E-state index contributed by atoms with van der Waals surface area (Å²) in [4.78, 5) is 35.2. The van der Waals surface area contributed by atoms with Gasteiger partial charge in [0.15, 0.2) is 5.84 Å². The molecule has 8 heteroatoms. The maximum atomic E-state index is 13.2. The molecule has 1 amide bonds. The molecule has 0 saturated carbocycles. The number of rotatable bonds is 6. The number of para-hydroxylation sites is 1. The van der Waals surface area contributed by atoms with Gasteiger partial charge in [-0.1, -0.05) is 39.0 Å². The van der Waals surface area contributed by atoms with Crippen molar-refractivity contribution in [2.24, 2.45) is 10.9 Å². The highest BCUT2D eigenvalue weighted by Crippen LogP contribution is 2.29. The zero-order valence-electron chi connectivity index (χ0n) is 18.0. The number of nitrogens with zero attached hydrogens (tertiary/aromatic N) is 3. The maximum Gasteiger partial charge on any atom is 0.341 e. The van der Waals surface area contributed by atoms with Gasteiger partial charge in [0.2, 0.25) is 0 Å². The van der Waals surface area contributed by atoms with E-state index in [2.05, 4.69) is 25.5 Å². The molecule has 8 nitrogen and oxygen atoms in total. The first-order chi connectivity index (χ1) is 14.8. The number of aliphatic imine (C=N–C) groups is 1. The fourth-order valence-corrected chi connectivity index (χ4v) is 3.52. The first-order valence-corrected chi connectivity index (χ1v) is 10.3. The number of ether oxygens (including phenoxy) is 1. The molecule has 1 aliphatic rings. The number of carbonyl (C=O) groups is 2. The maximum absolute atomic E-state index is 13.2. The summed E-state index contributed by atoms with van der Waals surface area (Å²) < 4.78 is 5.80. The number of aromatic nitrogens is 3. The van der Waals surface area contributed by atoms with Crippen LogP contribution in [-0.4, -0.2) is 38.4 Å². The fourth-order valence-electron chi connectivity index (χ4n) is 3.52. The number of benzene rings is 1. The smallest absolute Gasteiger partial charge is 0.341 e. The number of fused-ring (bicyclic) bond motifs is 1. The van der Waals surface area contributed by atoms with E-state index in [1.165, 1.54) is 0 Å². The van der Waals surface area contributed by atoms with Crippen LogP contribution in [0.2, 0.25) is 0 Å². The Morgan fingerprint density at radius 2 is 2.03 bits per heavy atom. The first kappa shape index (κ1) is 20.7. The lowest BCUT2D eigenvalue weighted by molar-refractivity contribution is -0.124. The number of hydrogen-bond acceptors (Lipinski definition) is 6. The number of aromatic amines is 1. The molecule has 1 aliphatic heterocycles. The molecule has 4 rings (SSSR count). The van der Waals surface area contributed by atoms with Gasteiger partial charge < -0.3 is 10.1 Å². The van der Waals surface area contributed by atoms with Crippen molar-refractivity contribution >= 4 is 28.6 Å². The Bertz CT molecular complexity index is 1170. The third kappa shape index (κ3) is 3.69. The zero-order valence-corrected chi connectivity index (χ0v) is 18.0. The molecule has 0 bridgehead atoms. The van der Waals surface area contributed by atoms with Crippen LogP contribution in [0.4, 0.5) is 0 Å². The molecule has 2 N–H and O–H groups in total. The lowest BCUT2D eigenvalue weighted by Gasteiger charge is -2.21. The van der Waals surface area contributed by atoms with Crippen molar-refractivity contribution in [3.8, 4) is 0 Å². The number of pyridine rings is 1. The molecular formula is C23H25N5O3.